The van der Waals surface area contributed by atoms with Crippen LogP contribution in [-0.2, 0) is 9.53 Å². The third-order valence-corrected chi connectivity index (χ3v) is 5.44. The molecular weight excluding hydrogens is 467 g/mol. The molecule has 0 bridgehead atoms. The number of fused-ring (bicyclic) bond motifs is 2. The summed E-state index contributed by atoms with van der Waals surface area (Å²) >= 11 is 0. The fourth-order valence-corrected chi connectivity index (χ4v) is 3.74. The minimum atomic E-state index is -0.478. The number of pyridine rings is 1. The number of benzene rings is 3. The third-order valence-electron chi connectivity index (χ3n) is 5.44. The highest BCUT2D eigenvalue weighted by atomic mass is 19.1. The van der Waals surface area contributed by atoms with E-state index in [1.807, 2.05) is 0 Å². The van der Waals surface area contributed by atoms with E-state index in [1.165, 1.54) is 12.1 Å². The van der Waals surface area contributed by atoms with Gasteiger partial charge in [-0.3, -0.25) is 4.79 Å². The zero-order valence-electron chi connectivity index (χ0n) is 19.2. The molecule has 0 unspecified atom stereocenters. The Kier molecular flexibility index (Phi) is 6.36. The van der Waals surface area contributed by atoms with Gasteiger partial charge in [0.2, 0.25) is 6.79 Å². The number of hydrogen-bond acceptors (Lipinski definition) is 7. The largest absolute Gasteiger partial charge is 0.483 e. The number of nitrogens with one attached hydrogen (secondary N) is 1. The van der Waals surface area contributed by atoms with Crippen molar-refractivity contribution in [3.05, 3.63) is 78.1 Å². The van der Waals surface area contributed by atoms with Gasteiger partial charge in [0.25, 0.3) is 5.91 Å². The van der Waals surface area contributed by atoms with E-state index in [1.54, 1.807) is 61.5 Å². The minimum Gasteiger partial charge on any atom is -0.483 e. The van der Waals surface area contributed by atoms with E-state index in [0.29, 0.717) is 50.7 Å². The number of amides is 1. The molecular formula is C27H21FN2O6. The molecule has 0 saturated heterocycles. The molecule has 3 aromatic carbocycles. The van der Waals surface area contributed by atoms with Crippen molar-refractivity contribution in [2.24, 2.45) is 0 Å². The molecule has 36 heavy (non-hydrogen) atoms. The predicted molar refractivity (Wildman–Crippen MR) is 130 cm³/mol. The highest BCUT2D eigenvalue weighted by Gasteiger charge is 2.16. The van der Waals surface area contributed by atoms with E-state index in [4.69, 9.17) is 18.9 Å². The van der Waals surface area contributed by atoms with Crippen LogP contribution in [0.4, 0.5) is 10.1 Å². The molecule has 0 fully saturated rings. The summed E-state index contributed by atoms with van der Waals surface area (Å²) in [4.78, 5) is 29.5. The normalized spacial score (nSPS) is 11.8. The second kappa shape index (κ2) is 9.91. The van der Waals surface area contributed by atoms with Gasteiger partial charge in [0.15, 0.2) is 18.1 Å². The Morgan fingerprint density at radius 3 is 2.61 bits per heavy atom. The molecule has 9 heteroatoms. The van der Waals surface area contributed by atoms with Crippen LogP contribution < -0.4 is 19.5 Å². The summed E-state index contributed by atoms with van der Waals surface area (Å²) in [5.74, 6) is 0.251. The molecule has 1 aliphatic heterocycles. The molecule has 4 aromatic rings. The summed E-state index contributed by atoms with van der Waals surface area (Å²) in [6.07, 6.45) is 0. The molecule has 182 valence electrons. The molecule has 0 radical (unpaired) electrons. The van der Waals surface area contributed by atoms with Gasteiger partial charge in [0.1, 0.15) is 11.6 Å². The van der Waals surface area contributed by atoms with Gasteiger partial charge in [-0.15, -0.1) is 0 Å². The van der Waals surface area contributed by atoms with Crippen LogP contribution >= 0.6 is 0 Å². The number of carbonyl (C=O) groups is 2. The van der Waals surface area contributed by atoms with Gasteiger partial charge >= 0.3 is 5.97 Å². The summed E-state index contributed by atoms with van der Waals surface area (Å²) in [5, 5.41) is 3.29. The van der Waals surface area contributed by atoms with E-state index in [0.717, 1.165) is 0 Å². The first-order valence-electron chi connectivity index (χ1n) is 11.2. The number of ether oxygens (including phenoxy) is 4. The Balaban J connectivity index is 1.43. The lowest BCUT2D eigenvalue weighted by molar-refractivity contribution is -0.118. The van der Waals surface area contributed by atoms with Gasteiger partial charge < -0.3 is 24.3 Å². The lowest BCUT2D eigenvalue weighted by atomic mass is 10.1. The number of anilines is 1. The van der Waals surface area contributed by atoms with Crippen LogP contribution in [0.2, 0.25) is 0 Å². The Labute approximate surface area is 205 Å². The standard InChI is InChI=1S/C27H21FN2O6/c1-2-33-27(32)17-5-9-21-20(11-17)24(13-22(30-21)16-3-6-18(28)7-4-16)34-14-26(31)29-19-8-10-23-25(12-19)36-15-35-23/h3-13H,2,14-15H2,1H3,(H,29,31). The van der Waals surface area contributed by atoms with Crippen LogP contribution in [-0.4, -0.2) is 36.9 Å². The number of rotatable bonds is 7. The number of halogens is 1. The molecule has 1 N–H and O–H groups in total. The monoisotopic (exact) mass is 488 g/mol. The molecule has 0 atom stereocenters. The fraction of sp³-hybridized carbons (Fsp3) is 0.148. The summed E-state index contributed by atoms with van der Waals surface area (Å²) in [7, 11) is 0. The quantitative estimate of drug-likeness (QED) is 0.367. The Morgan fingerprint density at radius 2 is 1.81 bits per heavy atom. The number of esters is 1. The summed E-state index contributed by atoms with van der Waals surface area (Å²) in [6, 6.07) is 17.5. The first kappa shape index (κ1) is 23.1. The first-order valence-corrected chi connectivity index (χ1v) is 11.2. The molecule has 5 rings (SSSR count). The van der Waals surface area contributed by atoms with Crippen LogP contribution in [0.15, 0.2) is 66.7 Å². The topological polar surface area (TPSA) is 96.0 Å². The van der Waals surface area contributed by atoms with Crippen molar-refractivity contribution in [2.45, 2.75) is 6.92 Å². The van der Waals surface area contributed by atoms with Crippen LogP contribution in [0, 0.1) is 5.82 Å². The number of carbonyl (C=O) groups excluding carboxylic acids is 2. The Hall–Kier alpha value is -4.66. The summed E-state index contributed by atoms with van der Waals surface area (Å²) in [5.41, 5.74) is 2.59. The van der Waals surface area contributed by atoms with E-state index in [2.05, 4.69) is 10.3 Å². The van der Waals surface area contributed by atoms with Gasteiger partial charge in [-0.05, 0) is 61.5 Å². The van der Waals surface area contributed by atoms with Crippen molar-refractivity contribution in [3.8, 4) is 28.5 Å². The highest BCUT2D eigenvalue weighted by molar-refractivity contribution is 5.97. The van der Waals surface area contributed by atoms with Gasteiger partial charge in [-0.2, -0.15) is 0 Å². The minimum absolute atomic E-state index is 0.134. The molecule has 0 saturated carbocycles. The second-order valence-corrected chi connectivity index (χ2v) is 7.87. The molecule has 1 amide bonds. The van der Waals surface area contributed by atoms with Crippen LogP contribution in [0.25, 0.3) is 22.2 Å². The van der Waals surface area contributed by atoms with Crippen LogP contribution in [0.5, 0.6) is 17.2 Å². The van der Waals surface area contributed by atoms with Gasteiger partial charge in [0, 0.05) is 28.8 Å². The van der Waals surface area contributed by atoms with E-state index in [-0.39, 0.29) is 25.8 Å². The first-order chi connectivity index (χ1) is 17.5. The van der Waals surface area contributed by atoms with Crippen LogP contribution in [0.1, 0.15) is 17.3 Å². The van der Waals surface area contributed by atoms with Crippen LogP contribution in [0.3, 0.4) is 0 Å². The Bertz CT molecular complexity index is 1460. The zero-order valence-corrected chi connectivity index (χ0v) is 19.2. The van der Waals surface area contributed by atoms with E-state index < -0.39 is 11.9 Å². The Morgan fingerprint density at radius 1 is 1.00 bits per heavy atom. The lowest BCUT2D eigenvalue weighted by Gasteiger charge is -2.13. The predicted octanol–water partition coefficient (Wildman–Crippen LogP) is 4.96. The smallest absolute Gasteiger partial charge is 0.338 e. The van der Waals surface area contributed by atoms with Crippen molar-refractivity contribution in [1.82, 2.24) is 4.98 Å². The average Bonchev–Trinajstić information content (AvgIpc) is 3.35. The number of nitrogens with zero attached hydrogens (tertiary/aromatic N) is 1. The van der Waals surface area contributed by atoms with Crippen molar-refractivity contribution in [1.29, 1.82) is 0 Å². The molecule has 8 nitrogen and oxygen atoms in total. The maximum atomic E-state index is 13.4. The molecule has 2 heterocycles. The highest BCUT2D eigenvalue weighted by Crippen LogP contribution is 2.34. The maximum Gasteiger partial charge on any atom is 0.338 e. The average molecular weight is 488 g/mol. The maximum absolute atomic E-state index is 13.4. The summed E-state index contributed by atoms with van der Waals surface area (Å²) < 4.78 is 35.0. The number of aromatic nitrogens is 1. The van der Waals surface area contributed by atoms with E-state index >= 15 is 0 Å². The second-order valence-electron chi connectivity index (χ2n) is 7.87. The zero-order chi connectivity index (χ0) is 25.1. The van der Waals surface area contributed by atoms with Gasteiger partial charge in [0.05, 0.1) is 23.4 Å². The molecule has 0 spiro atoms. The van der Waals surface area contributed by atoms with Gasteiger partial charge in [-0.1, -0.05) is 0 Å². The SMILES string of the molecule is CCOC(=O)c1ccc2nc(-c3ccc(F)cc3)cc(OCC(=O)Nc3ccc4c(c3)OCO4)c2c1. The van der Waals surface area contributed by atoms with Crippen molar-refractivity contribution in [2.75, 3.05) is 25.3 Å². The van der Waals surface area contributed by atoms with Crippen molar-refractivity contribution < 1.29 is 32.9 Å². The lowest BCUT2D eigenvalue weighted by Crippen LogP contribution is -2.20. The van der Waals surface area contributed by atoms with Crippen molar-refractivity contribution in [3.63, 3.8) is 0 Å². The molecule has 0 aliphatic carbocycles. The summed E-state index contributed by atoms with van der Waals surface area (Å²) in [6.45, 7) is 1.79. The van der Waals surface area contributed by atoms with E-state index in [9.17, 15) is 14.0 Å². The third kappa shape index (κ3) is 4.90. The van der Waals surface area contributed by atoms with Gasteiger partial charge in [-0.25, -0.2) is 14.2 Å². The molecule has 1 aliphatic rings. The van der Waals surface area contributed by atoms with Crippen molar-refractivity contribution >= 4 is 28.5 Å². The fourth-order valence-electron chi connectivity index (χ4n) is 3.74. The number of hydrogen-bond donors (Lipinski definition) is 1. The molecule has 1 aromatic heterocycles.